The molecule has 0 aromatic carbocycles. The van der Waals surface area contributed by atoms with Crippen LogP contribution in [-0.2, 0) is 33.3 Å². The lowest BCUT2D eigenvalue weighted by Crippen LogP contribution is -2.44. The molecule has 2 atom stereocenters. The third-order valence-corrected chi connectivity index (χ3v) is 9.26. The highest BCUT2D eigenvalue weighted by Crippen LogP contribution is 2.14. The Hall–Kier alpha value is -1.97. The molecule has 0 bridgehead atoms. The van der Waals surface area contributed by atoms with E-state index in [4.69, 9.17) is 18.9 Å². The van der Waals surface area contributed by atoms with E-state index in [1.54, 1.807) is 0 Å². The van der Waals surface area contributed by atoms with Gasteiger partial charge in [-0.3, -0.25) is 9.59 Å². The number of carboxylic acid groups (broad SMARTS) is 1. The molecule has 0 aromatic heterocycles. The average Bonchev–Trinajstić information content (AvgIpc) is 3.09. The molecule has 0 saturated carbocycles. The monoisotopic (exact) mass is 740 g/mol. The van der Waals surface area contributed by atoms with Crippen molar-refractivity contribution in [3.05, 3.63) is 12.2 Å². The fourth-order valence-electron chi connectivity index (χ4n) is 5.88. The number of quaternary nitrogens is 1. The van der Waals surface area contributed by atoms with Crippen molar-refractivity contribution in [2.75, 3.05) is 47.5 Å². The van der Waals surface area contributed by atoms with Gasteiger partial charge in [-0.25, -0.2) is 0 Å². The number of ether oxygens (including phenoxy) is 4. The van der Waals surface area contributed by atoms with Crippen LogP contribution in [0.25, 0.3) is 0 Å². The number of nitrogens with zero attached hydrogens (tertiary/aromatic N) is 1. The van der Waals surface area contributed by atoms with Crippen molar-refractivity contribution in [3.63, 3.8) is 0 Å². The van der Waals surface area contributed by atoms with Crippen molar-refractivity contribution in [2.45, 2.75) is 200 Å². The maximum atomic E-state index is 12.7. The number of aliphatic carboxylic acids is 1. The minimum atomic E-state index is -1.61. The number of esters is 2. The zero-order valence-corrected chi connectivity index (χ0v) is 34.4. The molecule has 9 heteroatoms. The topological polar surface area (TPSA) is 111 Å². The van der Waals surface area contributed by atoms with Crippen molar-refractivity contribution < 1.29 is 42.9 Å². The normalized spacial score (nSPS) is 13.0. The quantitative estimate of drug-likeness (QED) is 0.0202. The van der Waals surface area contributed by atoms with Crippen LogP contribution in [0, 0.1) is 0 Å². The minimum Gasteiger partial charge on any atom is -0.545 e. The first kappa shape index (κ1) is 50.0. The first-order chi connectivity index (χ1) is 25.1. The summed E-state index contributed by atoms with van der Waals surface area (Å²) < 4.78 is 22.5. The molecule has 9 nitrogen and oxygen atoms in total. The van der Waals surface area contributed by atoms with E-state index in [2.05, 4.69) is 26.0 Å². The van der Waals surface area contributed by atoms with Gasteiger partial charge in [0.2, 0.25) is 0 Å². The summed E-state index contributed by atoms with van der Waals surface area (Å²) >= 11 is 0. The molecule has 0 fully saturated rings. The lowest BCUT2D eigenvalue weighted by molar-refractivity contribution is -0.870. The molecule has 0 radical (unpaired) electrons. The van der Waals surface area contributed by atoms with Crippen LogP contribution in [0.2, 0.25) is 0 Å². The van der Waals surface area contributed by atoms with E-state index in [-0.39, 0.29) is 32.2 Å². The summed E-state index contributed by atoms with van der Waals surface area (Å²) in [5.41, 5.74) is 0. The second kappa shape index (κ2) is 36.0. The summed E-state index contributed by atoms with van der Waals surface area (Å²) in [6, 6.07) is 0. The molecule has 0 aliphatic rings. The van der Waals surface area contributed by atoms with E-state index in [1.165, 1.54) is 109 Å². The number of likely N-dealkylation sites (N-methyl/N-ethyl adjacent to an activating group) is 1. The Morgan fingerprint density at radius 2 is 0.981 bits per heavy atom. The molecule has 0 amide bonds. The highest BCUT2D eigenvalue weighted by atomic mass is 16.7. The minimum absolute atomic E-state index is 0.150. The number of hydrogen-bond donors (Lipinski definition) is 0. The van der Waals surface area contributed by atoms with Gasteiger partial charge >= 0.3 is 11.9 Å². The van der Waals surface area contributed by atoms with Crippen LogP contribution in [0.3, 0.4) is 0 Å². The summed E-state index contributed by atoms with van der Waals surface area (Å²) in [7, 11) is 5.90. The van der Waals surface area contributed by atoms with Gasteiger partial charge in [-0.05, 0) is 38.5 Å². The zero-order chi connectivity index (χ0) is 38.5. The lowest BCUT2D eigenvalue weighted by Gasteiger charge is -2.26. The Labute approximate surface area is 319 Å². The Bertz CT molecular complexity index is 872. The SMILES string of the molecule is CCCCCCCCC/C=C\CCCCCCCCCC(=O)OC(COC(=O)CCCCCCCCCCC)COC(OCC[N+](C)(C)C)C(=O)[O-]. The van der Waals surface area contributed by atoms with Crippen molar-refractivity contribution >= 4 is 17.9 Å². The molecule has 52 heavy (non-hydrogen) atoms. The van der Waals surface area contributed by atoms with Crippen LogP contribution in [0.5, 0.6) is 0 Å². The highest BCUT2D eigenvalue weighted by Gasteiger charge is 2.21. The predicted octanol–water partition coefficient (Wildman–Crippen LogP) is 9.39. The van der Waals surface area contributed by atoms with Crippen LogP contribution >= 0.6 is 0 Å². The van der Waals surface area contributed by atoms with Crippen molar-refractivity contribution in [3.8, 4) is 0 Å². The smallest absolute Gasteiger partial charge is 0.306 e. The molecule has 2 unspecified atom stereocenters. The second-order valence-electron chi connectivity index (χ2n) is 15.6. The first-order valence-electron chi connectivity index (χ1n) is 21.3. The van der Waals surface area contributed by atoms with Gasteiger partial charge in [-0.15, -0.1) is 0 Å². The third kappa shape index (κ3) is 36.4. The first-order valence-corrected chi connectivity index (χ1v) is 21.3. The van der Waals surface area contributed by atoms with Gasteiger partial charge in [0.05, 0.1) is 40.3 Å². The van der Waals surface area contributed by atoms with Crippen LogP contribution in [0.15, 0.2) is 12.2 Å². The van der Waals surface area contributed by atoms with E-state index in [9.17, 15) is 19.5 Å². The lowest BCUT2D eigenvalue weighted by atomic mass is 10.1. The molecule has 0 heterocycles. The van der Waals surface area contributed by atoms with Crippen molar-refractivity contribution in [1.29, 1.82) is 0 Å². The molecule has 0 aromatic rings. The number of hydrogen-bond acceptors (Lipinski definition) is 8. The van der Waals surface area contributed by atoms with Gasteiger partial charge in [0.15, 0.2) is 12.4 Å². The van der Waals surface area contributed by atoms with Gasteiger partial charge < -0.3 is 33.3 Å². The van der Waals surface area contributed by atoms with Crippen LogP contribution in [0.4, 0.5) is 0 Å². The fourth-order valence-corrected chi connectivity index (χ4v) is 5.88. The van der Waals surface area contributed by atoms with E-state index >= 15 is 0 Å². The molecular formula is C43H81NO8. The van der Waals surface area contributed by atoms with Crippen LogP contribution in [0.1, 0.15) is 187 Å². The van der Waals surface area contributed by atoms with Gasteiger partial charge in [0, 0.05) is 12.8 Å². The number of carbonyl (C=O) groups excluding carboxylic acids is 3. The molecule has 0 aliphatic carbocycles. The summed E-state index contributed by atoms with van der Waals surface area (Å²) in [6.45, 7) is 4.71. The van der Waals surface area contributed by atoms with Crippen LogP contribution < -0.4 is 5.11 Å². The predicted molar refractivity (Wildman–Crippen MR) is 210 cm³/mol. The Balaban J connectivity index is 4.40. The molecular weight excluding hydrogens is 658 g/mol. The standard InChI is InChI=1S/C43H81NO8/c1-6-8-10-12-14-16-17-18-19-20-21-22-23-24-26-28-30-32-34-41(46)52-39(38-51-43(42(47)48)49-36-35-44(3,4)5)37-50-40(45)33-31-29-27-25-15-13-11-9-7-2/h19-20,39,43H,6-18,21-38H2,1-5H3/b20-19-. The Morgan fingerprint density at radius 1 is 0.558 bits per heavy atom. The van der Waals surface area contributed by atoms with Crippen LogP contribution in [-0.4, -0.2) is 82.3 Å². The van der Waals surface area contributed by atoms with E-state index < -0.39 is 24.3 Å². The van der Waals surface area contributed by atoms with Gasteiger partial charge in [0.1, 0.15) is 13.2 Å². The second-order valence-corrected chi connectivity index (χ2v) is 15.6. The van der Waals surface area contributed by atoms with Crippen molar-refractivity contribution in [2.24, 2.45) is 0 Å². The fraction of sp³-hybridized carbons (Fsp3) is 0.884. The summed E-state index contributed by atoms with van der Waals surface area (Å²) in [5.74, 6) is -2.29. The summed E-state index contributed by atoms with van der Waals surface area (Å²) in [6.07, 6.45) is 32.4. The molecule has 0 N–H and O–H groups in total. The Kier molecular flexibility index (Phi) is 34.7. The van der Waals surface area contributed by atoms with E-state index in [0.29, 0.717) is 23.9 Å². The summed E-state index contributed by atoms with van der Waals surface area (Å²) in [4.78, 5) is 36.8. The largest absolute Gasteiger partial charge is 0.545 e. The van der Waals surface area contributed by atoms with Gasteiger partial charge in [-0.2, -0.15) is 0 Å². The Morgan fingerprint density at radius 3 is 1.42 bits per heavy atom. The maximum Gasteiger partial charge on any atom is 0.306 e. The number of carbonyl (C=O) groups is 3. The highest BCUT2D eigenvalue weighted by molar-refractivity contribution is 5.70. The third-order valence-electron chi connectivity index (χ3n) is 9.26. The van der Waals surface area contributed by atoms with Gasteiger partial charge in [-0.1, -0.05) is 148 Å². The number of rotatable bonds is 39. The molecule has 0 saturated heterocycles. The average molecular weight is 740 g/mol. The molecule has 306 valence electrons. The van der Waals surface area contributed by atoms with Gasteiger partial charge in [0.25, 0.3) is 0 Å². The summed E-state index contributed by atoms with van der Waals surface area (Å²) in [5, 5.41) is 11.6. The number of unbranched alkanes of at least 4 members (excludes halogenated alkanes) is 22. The van der Waals surface area contributed by atoms with E-state index in [0.717, 1.165) is 44.9 Å². The van der Waals surface area contributed by atoms with E-state index in [1.807, 2.05) is 21.1 Å². The maximum absolute atomic E-state index is 12.7. The number of carboxylic acids is 1. The zero-order valence-electron chi connectivity index (χ0n) is 34.4. The molecule has 0 aliphatic heterocycles. The molecule has 0 spiro atoms. The molecule has 0 rings (SSSR count). The number of allylic oxidation sites excluding steroid dienone is 2. The van der Waals surface area contributed by atoms with Crippen molar-refractivity contribution in [1.82, 2.24) is 0 Å².